The molecule has 1 unspecified atom stereocenters. The van der Waals surface area contributed by atoms with Gasteiger partial charge in [-0.25, -0.2) is 0 Å². The minimum Gasteiger partial charge on any atom is -0.396 e. The van der Waals surface area contributed by atoms with Crippen molar-refractivity contribution in [2.75, 3.05) is 13.2 Å². The average Bonchev–Trinajstić information content (AvgIpc) is 2.47. The summed E-state index contributed by atoms with van der Waals surface area (Å²) in [4.78, 5) is 12.5. The Morgan fingerprint density at radius 3 is 2.70 bits per heavy atom. The van der Waals surface area contributed by atoms with E-state index in [0.29, 0.717) is 18.4 Å². The van der Waals surface area contributed by atoms with Crippen LogP contribution >= 0.6 is 0 Å². The number of rotatable bonds is 5. The molecule has 1 saturated carbocycles. The smallest absolute Gasteiger partial charge is 0.223 e. The van der Waals surface area contributed by atoms with Crippen LogP contribution in [-0.4, -0.2) is 36.2 Å². The van der Waals surface area contributed by atoms with Gasteiger partial charge in [-0.05, 0) is 51.5 Å². The zero-order valence-corrected chi connectivity index (χ0v) is 12.7. The van der Waals surface area contributed by atoms with Crippen molar-refractivity contribution in [2.45, 2.75) is 70.4 Å². The van der Waals surface area contributed by atoms with Crippen LogP contribution in [0.2, 0.25) is 0 Å². The van der Waals surface area contributed by atoms with E-state index in [0.717, 1.165) is 19.4 Å². The third-order valence-corrected chi connectivity index (χ3v) is 4.98. The molecular formula is C16H30N2O2. The van der Waals surface area contributed by atoms with E-state index in [9.17, 15) is 9.90 Å². The van der Waals surface area contributed by atoms with E-state index >= 15 is 0 Å². The molecule has 116 valence electrons. The highest BCUT2D eigenvalue weighted by atomic mass is 16.3. The number of nitrogens with one attached hydrogen (secondary N) is 2. The summed E-state index contributed by atoms with van der Waals surface area (Å²) in [6.07, 6.45) is 8.84. The first-order valence-electron chi connectivity index (χ1n) is 8.35. The molecule has 0 radical (unpaired) electrons. The zero-order chi connectivity index (χ0) is 14.4. The average molecular weight is 282 g/mol. The highest BCUT2D eigenvalue weighted by Crippen LogP contribution is 2.28. The van der Waals surface area contributed by atoms with E-state index in [1.54, 1.807) is 0 Å². The Morgan fingerprint density at radius 1 is 1.30 bits per heavy atom. The molecule has 4 nitrogen and oxygen atoms in total. The normalized spacial score (nSPS) is 29.9. The van der Waals surface area contributed by atoms with Gasteiger partial charge < -0.3 is 15.7 Å². The molecule has 0 aromatic rings. The second-order valence-electron chi connectivity index (χ2n) is 6.60. The number of carbonyl (C=O) groups excluding carboxylic acids is 1. The first-order chi connectivity index (χ1) is 9.70. The Morgan fingerprint density at radius 2 is 2.05 bits per heavy atom. The predicted molar refractivity (Wildman–Crippen MR) is 80.4 cm³/mol. The molecule has 3 N–H and O–H groups in total. The third kappa shape index (κ3) is 4.45. The quantitative estimate of drug-likeness (QED) is 0.721. The number of aliphatic hydroxyl groups excluding tert-OH is 1. The number of hydrogen-bond acceptors (Lipinski definition) is 3. The minimum atomic E-state index is 0.149. The summed E-state index contributed by atoms with van der Waals surface area (Å²) in [6, 6.07) is 0.614. The summed E-state index contributed by atoms with van der Waals surface area (Å²) >= 11 is 0. The van der Waals surface area contributed by atoms with Gasteiger partial charge >= 0.3 is 0 Å². The molecule has 1 amide bonds. The fraction of sp³-hybridized carbons (Fsp3) is 0.938. The number of amides is 1. The lowest BCUT2D eigenvalue weighted by Crippen LogP contribution is -2.48. The molecule has 4 heteroatoms. The van der Waals surface area contributed by atoms with Gasteiger partial charge in [-0.15, -0.1) is 0 Å². The number of piperidine rings is 1. The Kier molecular flexibility index (Phi) is 6.30. The highest BCUT2D eigenvalue weighted by Gasteiger charge is 2.29. The van der Waals surface area contributed by atoms with Crippen molar-refractivity contribution in [1.29, 1.82) is 0 Å². The summed E-state index contributed by atoms with van der Waals surface area (Å²) in [6.45, 7) is 3.25. The molecule has 2 rings (SSSR count). The standard InChI is InChI=1S/C16H30N2O2/c1-12-11-14(7-9-17-12)16(20)18-15(8-10-19)13-5-3-2-4-6-13/h12-15,17,19H,2-11H2,1H3,(H,18,20)/t12-,14-,15?/m0/s1. The largest absolute Gasteiger partial charge is 0.396 e. The minimum absolute atomic E-state index is 0.149. The van der Waals surface area contributed by atoms with Crippen LogP contribution in [0.5, 0.6) is 0 Å². The Bertz CT molecular complexity index is 303. The molecule has 1 heterocycles. The van der Waals surface area contributed by atoms with Crippen LogP contribution in [-0.2, 0) is 4.79 Å². The number of hydrogen-bond donors (Lipinski definition) is 3. The van der Waals surface area contributed by atoms with Crippen molar-refractivity contribution in [3.63, 3.8) is 0 Å². The maximum atomic E-state index is 12.5. The van der Waals surface area contributed by atoms with E-state index in [2.05, 4.69) is 17.6 Å². The van der Waals surface area contributed by atoms with Gasteiger partial charge in [0.05, 0.1) is 0 Å². The van der Waals surface area contributed by atoms with Crippen molar-refractivity contribution in [1.82, 2.24) is 10.6 Å². The molecule has 0 aromatic heterocycles. The van der Waals surface area contributed by atoms with E-state index < -0.39 is 0 Å². The summed E-state index contributed by atoms with van der Waals surface area (Å²) in [7, 11) is 0. The van der Waals surface area contributed by atoms with Gasteiger partial charge in [0.2, 0.25) is 5.91 Å². The second-order valence-corrected chi connectivity index (χ2v) is 6.60. The fourth-order valence-electron chi connectivity index (χ4n) is 3.77. The molecule has 20 heavy (non-hydrogen) atoms. The first kappa shape index (κ1) is 15.8. The lowest BCUT2D eigenvalue weighted by atomic mass is 9.82. The van der Waals surface area contributed by atoms with Gasteiger partial charge in [-0.2, -0.15) is 0 Å². The summed E-state index contributed by atoms with van der Waals surface area (Å²) in [5.41, 5.74) is 0. The van der Waals surface area contributed by atoms with Crippen LogP contribution in [0.4, 0.5) is 0 Å². The lowest BCUT2D eigenvalue weighted by Gasteiger charge is -2.33. The van der Waals surface area contributed by atoms with Gasteiger partial charge in [-0.3, -0.25) is 4.79 Å². The van der Waals surface area contributed by atoms with E-state index in [-0.39, 0.29) is 24.5 Å². The molecule has 2 aliphatic rings. The van der Waals surface area contributed by atoms with Crippen LogP contribution in [0.25, 0.3) is 0 Å². The van der Waals surface area contributed by atoms with E-state index in [1.165, 1.54) is 32.1 Å². The number of aliphatic hydroxyl groups is 1. The molecule has 0 spiro atoms. The van der Waals surface area contributed by atoms with Crippen molar-refractivity contribution < 1.29 is 9.90 Å². The van der Waals surface area contributed by atoms with Crippen molar-refractivity contribution >= 4 is 5.91 Å². The van der Waals surface area contributed by atoms with Gasteiger partial charge in [0, 0.05) is 24.6 Å². The molecule has 1 saturated heterocycles. The van der Waals surface area contributed by atoms with Crippen LogP contribution in [0.15, 0.2) is 0 Å². The summed E-state index contributed by atoms with van der Waals surface area (Å²) < 4.78 is 0. The lowest BCUT2D eigenvalue weighted by molar-refractivity contribution is -0.127. The van der Waals surface area contributed by atoms with E-state index in [4.69, 9.17) is 0 Å². The number of carbonyl (C=O) groups is 1. The first-order valence-corrected chi connectivity index (χ1v) is 8.35. The van der Waals surface area contributed by atoms with Gasteiger partial charge in [0.15, 0.2) is 0 Å². The van der Waals surface area contributed by atoms with Gasteiger partial charge in [0.25, 0.3) is 0 Å². The Balaban J connectivity index is 1.87. The molecule has 1 aliphatic carbocycles. The fourth-order valence-corrected chi connectivity index (χ4v) is 3.77. The molecule has 0 aromatic carbocycles. The monoisotopic (exact) mass is 282 g/mol. The van der Waals surface area contributed by atoms with Crippen molar-refractivity contribution in [2.24, 2.45) is 11.8 Å². The molecule has 3 atom stereocenters. The maximum absolute atomic E-state index is 12.5. The van der Waals surface area contributed by atoms with Gasteiger partial charge in [0.1, 0.15) is 0 Å². The summed E-state index contributed by atoms with van der Waals surface area (Å²) in [5.74, 6) is 0.928. The SMILES string of the molecule is C[C@H]1C[C@@H](C(=O)NC(CCO)C2CCCCC2)CCN1. The van der Waals surface area contributed by atoms with Crippen LogP contribution in [0.3, 0.4) is 0 Å². The van der Waals surface area contributed by atoms with Crippen LogP contribution < -0.4 is 10.6 Å². The zero-order valence-electron chi connectivity index (χ0n) is 12.7. The molecule has 2 fully saturated rings. The Labute approximate surface area is 122 Å². The molecular weight excluding hydrogens is 252 g/mol. The second kappa shape index (κ2) is 7.99. The summed E-state index contributed by atoms with van der Waals surface area (Å²) in [5, 5.41) is 15.9. The third-order valence-electron chi connectivity index (χ3n) is 4.98. The Hall–Kier alpha value is -0.610. The van der Waals surface area contributed by atoms with Crippen molar-refractivity contribution in [3.8, 4) is 0 Å². The van der Waals surface area contributed by atoms with Gasteiger partial charge in [-0.1, -0.05) is 19.3 Å². The highest BCUT2D eigenvalue weighted by molar-refractivity contribution is 5.79. The van der Waals surface area contributed by atoms with Crippen LogP contribution in [0, 0.1) is 11.8 Å². The maximum Gasteiger partial charge on any atom is 0.223 e. The predicted octanol–water partition coefficient (Wildman–Crippen LogP) is 1.82. The van der Waals surface area contributed by atoms with Crippen LogP contribution in [0.1, 0.15) is 58.3 Å². The molecule has 0 bridgehead atoms. The van der Waals surface area contributed by atoms with Crippen molar-refractivity contribution in [3.05, 3.63) is 0 Å². The topological polar surface area (TPSA) is 61.4 Å². The van der Waals surface area contributed by atoms with E-state index in [1.807, 2.05) is 0 Å². The molecule has 1 aliphatic heterocycles.